The van der Waals surface area contributed by atoms with Crippen molar-refractivity contribution in [1.29, 1.82) is 0 Å². The van der Waals surface area contributed by atoms with Gasteiger partial charge >= 0.3 is 5.97 Å². The molecule has 6 unspecified atom stereocenters. The van der Waals surface area contributed by atoms with Gasteiger partial charge in [-0.15, -0.1) is 0 Å². The molecule has 0 aromatic heterocycles. The third-order valence-electron chi connectivity index (χ3n) is 5.46. The van der Waals surface area contributed by atoms with E-state index in [4.69, 9.17) is 11.5 Å². The first kappa shape index (κ1) is 29.3. The molecule has 4 amide bonds. The highest BCUT2D eigenvalue weighted by atomic mass is 16.4. The predicted octanol–water partition coefficient (Wildman–Crippen LogP) is -1.80. The van der Waals surface area contributed by atoms with E-state index in [-0.39, 0.29) is 18.8 Å². The van der Waals surface area contributed by atoms with Crippen LogP contribution in [0.5, 0.6) is 0 Å². The molecule has 0 radical (unpaired) electrons. The van der Waals surface area contributed by atoms with Gasteiger partial charge in [-0.2, -0.15) is 0 Å². The fourth-order valence-corrected chi connectivity index (χ4v) is 2.74. The number of amides is 4. The molecule has 32 heavy (non-hydrogen) atoms. The fourth-order valence-electron chi connectivity index (χ4n) is 2.74. The molecule has 0 aromatic rings. The minimum atomic E-state index is -1.37. The SMILES string of the molecule is CCC(C)C(N)C(=O)NC(CO)C(=O)NC(C(=O)NC(CCC(N)=O)C(=O)O)C(C)CC. The maximum absolute atomic E-state index is 12.7. The molecule has 0 heterocycles. The minimum Gasteiger partial charge on any atom is -0.480 e. The summed E-state index contributed by atoms with van der Waals surface area (Å²) in [4.78, 5) is 60.0. The summed E-state index contributed by atoms with van der Waals surface area (Å²) in [5, 5.41) is 26.0. The lowest BCUT2D eigenvalue weighted by molar-refractivity contribution is -0.143. The summed E-state index contributed by atoms with van der Waals surface area (Å²) in [5.74, 6) is -4.82. The number of nitrogens with one attached hydrogen (secondary N) is 3. The molecule has 0 aliphatic carbocycles. The van der Waals surface area contributed by atoms with Crippen LogP contribution in [-0.2, 0) is 24.0 Å². The highest BCUT2D eigenvalue weighted by Crippen LogP contribution is 2.10. The van der Waals surface area contributed by atoms with Crippen molar-refractivity contribution >= 4 is 29.6 Å². The predicted molar refractivity (Wildman–Crippen MR) is 116 cm³/mol. The van der Waals surface area contributed by atoms with Crippen LogP contribution in [0.15, 0.2) is 0 Å². The van der Waals surface area contributed by atoms with Gasteiger partial charge in [0.2, 0.25) is 23.6 Å². The van der Waals surface area contributed by atoms with E-state index in [0.29, 0.717) is 12.8 Å². The second-order valence-corrected chi connectivity index (χ2v) is 7.93. The van der Waals surface area contributed by atoms with Crippen molar-refractivity contribution in [2.24, 2.45) is 23.3 Å². The Kier molecular flexibility index (Phi) is 13.1. The first-order valence-electron chi connectivity index (χ1n) is 10.7. The highest BCUT2D eigenvalue weighted by molar-refractivity contribution is 5.94. The molecule has 9 N–H and O–H groups in total. The zero-order valence-corrected chi connectivity index (χ0v) is 19.1. The van der Waals surface area contributed by atoms with Crippen LogP contribution in [-0.4, -0.2) is 70.6 Å². The van der Waals surface area contributed by atoms with Gasteiger partial charge in [0.05, 0.1) is 12.6 Å². The number of carboxylic acid groups (broad SMARTS) is 1. The van der Waals surface area contributed by atoms with E-state index in [1.165, 1.54) is 0 Å². The van der Waals surface area contributed by atoms with E-state index in [1.54, 1.807) is 20.8 Å². The van der Waals surface area contributed by atoms with Crippen molar-refractivity contribution in [3.8, 4) is 0 Å². The molecule has 12 heteroatoms. The zero-order chi connectivity index (χ0) is 25.0. The van der Waals surface area contributed by atoms with E-state index < -0.39 is 66.3 Å². The van der Waals surface area contributed by atoms with Crippen LogP contribution >= 0.6 is 0 Å². The summed E-state index contributed by atoms with van der Waals surface area (Å²) in [6.45, 7) is 6.36. The van der Waals surface area contributed by atoms with Crippen LogP contribution < -0.4 is 27.4 Å². The Labute approximate surface area is 187 Å². The molecule has 12 nitrogen and oxygen atoms in total. The first-order chi connectivity index (χ1) is 14.9. The van der Waals surface area contributed by atoms with Crippen LogP contribution in [0, 0.1) is 11.8 Å². The number of carboxylic acids is 1. The fraction of sp³-hybridized carbons (Fsp3) is 0.750. The minimum absolute atomic E-state index is 0.149. The molecule has 0 aliphatic heterocycles. The van der Waals surface area contributed by atoms with Crippen LogP contribution in [0.3, 0.4) is 0 Å². The molecule has 0 bridgehead atoms. The normalized spacial score (nSPS) is 16.6. The van der Waals surface area contributed by atoms with Gasteiger partial charge in [0.15, 0.2) is 0 Å². The molecule has 0 aromatic carbocycles. The average molecular weight is 460 g/mol. The quantitative estimate of drug-likeness (QED) is 0.148. The van der Waals surface area contributed by atoms with Crippen LogP contribution in [0.1, 0.15) is 53.4 Å². The van der Waals surface area contributed by atoms with Crippen molar-refractivity contribution in [2.75, 3.05) is 6.61 Å². The Bertz CT molecular complexity index is 673. The molecule has 0 rings (SSSR count). The first-order valence-corrected chi connectivity index (χ1v) is 10.7. The monoisotopic (exact) mass is 459 g/mol. The lowest BCUT2D eigenvalue weighted by atomic mass is 9.97. The lowest BCUT2D eigenvalue weighted by Gasteiger charge is -2.28. The molecule has 6 atom stereocenters. The number of aliphatic hydroxyl groups is 1. The summed E-state index contributed by atoms with van der Waals surface area (Å²) >= 11 is 0. The molecule has 0 saturated heterocycles. The Morgan fingerprint density at radius 2 is 1.38 bits per heavy atom. The van der Waals surface area contributed by atoms with Crippen molar-refractivity contribution in [3.05, 3.63) is 0 Å². The Morgan fingerprint density at radius 3 is 1.81 bits per heavy atom. The Morgan fingerprint density at radius 1 is 0.844 bits per heavy atom. The van der Waals surface area contributed by atoms with Gasteiger partial charge in [-0.05, 0) is 18.3 Å². The van der Waals surface area contributed by atoms with E-state index in [9.17, 15) is 34.2 Å². The molecule has 184 valence electrons. The second kappa shape index (κ2) is 14.4. The maximum Gasteiger partial charge on any atom is 0.326 e. The Balaban J connectivity index is 5.36. The number of aliphatic carboxylic acids is 1. The summed E-state index contributed by atoms with van der Waals surface area (Å²) in [5.41, 5.74) is 10.9. The molecule has 0 aliphatic rings. The van der Waals surface area contributed by atoms with E-state index in [1.807, 2.05) is 6.92 Å². The van der Waals surface area contributed by atoms with Crippen molar-refractivity contribution < 1.29 is 34.2 Å². The summed E-state index contributed by atoms with van der Waals surface area (Å²) in [6, 6.07) is -4.74. The summed E-state index contributed by atoms with van der Waals surface area (Å²) in [7, 11) is 0. The average Bonchev–Trinajstić information content (AvgIpc) is 2.75. The zero-order valence-electron chi connectivity index (χ0n) is 19.1. The summed E-state index contributed by atoms with van der Waals surface area (Å²) < 4.78 is 0. The number of primary amides is 1. The molecule has 0 saturated carbocycles. The number of hydrogen-bond acceptors (Lipinski definition) is 7. The summed E-state index contributed by atoms with van der Waals surface area (Å²) in [6.07, 6.45) is 0.654. The molecule has 0 fully saturated rings. The number of rotatable bonds is 15. The van der Waals surface area contributed by atoms with Gasteiger partial charge in [-0.25, -0.2) is 4.79 Å². The number of nitrogens with two attached hydrogens (primary N) is 2. The molecular weight excluding hydrogens is 422 g/mol. The highest BCUT2D eigenvalue weighted by Gasteiger charge is 2.33. The van der Waals surface area contributed by atoms with Gasteiger partial charge in [0.25, 0.3) is 0 Å². The third kappa shape index (κ3) is 9.60. The largest absolute Gasteiger partial charge is 0.480 e. The lowest BCUT2D eigenvalue weighted by Crippen LogP contribution is -2.59. The Hall–Kier alpha value is -2.73. The standard InChI is InChI=1S/C20H37N5O7/c1-5-10(3)15(22)18(29)24-13(9-26)17(28)25-16(11(4)6-2)19(30)23-12(20(31)32)7-8-14(21)27/h10-13,15-16,26H,5-9,22H2,1-4H3,(H2,21,27)(H,23,30)(H,24,29)(H,25,28)(H,31,32). The number of carbonyl (C=O) groups is 5. The second-order valence-electron chi connectivity index (χ2n) is 7.93. The number of carbonyl (C=O) groups excluding carboxylic acids is 4. The topological polar surface area (TPSA) is 214 Å². The van der Waals surface area contributed by atoms with Crippen molar-refractivity contribution in [1.82, 2.24) is 16.0 Å². The van der Waals surface area contributed by atoms with Gasteiger partial charge in [-0.1, -0.05) is 40.5 Å². The molecule has 0 spiro atoms. The number of aliphatic hydroxyl groups excluding tert-OH is 1. The van der Waals surface area contributed by atoms with E-state index in [0.717, 1.165) is 0 Å². The smallest absolute Gasteiger partial charge is 0.326 e. The van der Waals surface area contributed by atoms with Gasteiger partial charge in [0, 0.05) is 6.42 Å². The van der Waals surface area contributed by atoms with Gasteiger partial charge < -0.3 is 37.6 Å². The van der Waals surface area contributed by atoms with Crippen molar-refractivity contribution in [2.45, 2.75) is 77.5 Å². The van der Waals surface area contributed by atoms with Crippen LogP contribution in [0.25, 0.3) is 0 Å². The van der Waals surface area contributed by atoms with Crippen LogP contribution in [0.4, 0.5) is 0 Å². The maximum atomic E-state index is 12.7. The van der Waals surface area contributed by atoms with Gasteiger partial charge in [-0.3, -0.25) is 19.2 Å². The van der Waals surface area contributed by atoms with E-state index in [2.05, 4.69) is 16.0 Å². The van der Waals surface area contributed by atoms with Gasteiger partial charge in [0.1, 0.15) is 18.1 Å². The van der Waals surface area contributed by atoms with E-state index >= 15 is 0 Å². The molecular formula is C20H37N5O7. The third-order valence-corrected chi connectivity index (χ3v) is 5.46. The number of hydrogen-bond donors (Lipinski definition) is 7. The van der Waals surface area contributed by atoms with Crippen LogP contribution in [0.2, 0.25) is 0 Å². The van der Waals surface area contributed by atoms with Crippen molar-refractivity contribution in [3.63, 3.8) is 0 Å².